The predicted octanol–water partition coefficient (Wildman–Crippen LogP) is 3.33. The molecule has 1 fully saturated rings. The highest BCUT2D eigenvalue weighted by Crippen LogP contribution is 2.17. The summed E-state index contributed by atoms with van der Waals surface area (Å²) in [5, 5.41) is 6.67. The molecular formula is C24H32N4O2. The molecule has 0 aliphatic carbocycles. The fraction of sp³-hybridized carbons (Fsp3) is 0.417. The first kappa shape index (κ1) is 21.7. The SMILES string of the molecule is CCNC(=NCc1ccccc1CN1CCCC1=O)NCCCOc1ccccc1. The van der Waals surface area contributed by atoms with E-state index in [0.29, 0.717) is 26.1 Å². The van der Waals surface area contributed by atoms with Crippen LogP contribution in [-0.2, 0) is 17.9 Å². The Morgan fingerprint density at radius 3 is 2.57 bits per heavy atom. The highest BCUT2D eigenvalue weighted by molar-refractivity contribution is 5.79. The number of nitrogens with zero attached hydrogens (tertiary/aromatic N) is 2. The Labute approximate surface area is 179 Å². The molecule has 6 heteroatoms. The number of carbonyl (C=O) groups is 1. The second-order valence-corrected chi connectivity index (χ2v) is 7.32. The number of benzene rings is 2. The van der Waals surface area contributed by atoms with Crippen LogP contribution in [0.2, 0.25) is 0 Å². The van der Waals surface area contributed by atoms with Crippen molar-refractivity contribution in [2.45, 2.75) is 39.3 Å². The summed E-state index contributed by atoms with van der Waals surface area (Å²) in [5.74, 6) is 1.94. The molecule has 1 amide bonds. The minimum absolute atomic E-state index is 0.251. The number of aliphatic imine (C=N–C) groups is 1. The highest BCUT2D eigenvalue weighted by Gasteiger charge is 2.20. The fourth-order valence-electron chi connectivity index (χ4n) is 3.43. The van der Waals surface area contributed by atoms with E-state index in [1.54, 1.807) is 0 Å². The largest absolute Gasteiger partial charge is 0.494 e. The number of para-hydroxylation sites is 1. The van der Waals surface area contributed by atoms with Crippen LogP contribution in [0.4, 0.5) is 0 Å². The van der Waals surface area contributed by atoms with Crippen LogP contribution in [0, 0.1) is 0 Å². The van der Waals surface area contributed by atoms with Gasteiger partial charge in [0, 0.05) is 32.6 Å². The molecule has 2 N–H and O–H groups in total. The van der Waals surface area contributed by atoms with E-state index in [0.717, 1.165) is 49.7 Å². The number of nitrogens with one attached hydrogen (secondary N) is 2. The zero-order valence-corrected chi connectivity index (χ0v) is 17.8. The molecule has 2 aromatic rings. The number of ether oxygens (including phenoxy) is 1. The molecule has 0 aromatic heterocycles. The molecule has 0 bridgehead atoms. The first-order valence-corrected chi connectivity index (χ1v) is 10.8. The van der Waals surface area contributed by atoms with Gasteiger partial charge in [-0.1, -0.05) is 42.5 Å². The van der Waals surface area contributed by atoms with Crippen LogP contribution < -0.4 is 15.4 Å². The number of hydrogen-bond donors (Lipinski definition) is 2. The molecule has 0 radical (unpaired) electrons. The average molecular weight is 409 g/mol. The van der Waals surface area contributed by atoms with Gasteiger partial charge in [0.2, 0.25) is 5.91 Å². The van der Waals surface area contributed by atoms with Crippen LogP contribution in [0.1, 0.15) is 37.3 Å². The molecule has 1 aliphatic rings. The van der Waals surface area contributed by atoms with Crippen molar-refractivity contribution in [3.8, 4) is 5.75 Å². The van der Waals surface area contributed by atoms with Crippen molar-refractivity contribution in [3.63, 3.8) is 0 Å². The maximum atomic E-state index is 12.0. The molecule has 1 heterocycles. The molecule has 0 atom stereocenters. The van der Waals surface area contributed by atoms with Crippen LogP contribution in [0.3, 0.4) is 0 Å². The lowest BCUT2D eigenvalue weighted by atomic mass is 10.1. The van der Waals surface area contributed by atoms with Gasteiger partial charge in [0.05, 0.1) is 13.2 Å². The third kappa shape index (κ3) is 6.79. The number of carbonyl (C=O) groups excluding carboxylic acids is 1. The zero-order chi connectivity index (χ0) is 21.0. The van der Waals surface area contributed by atoms with Crippen LogP contribution >= 0.6 is 0 Å². The summed E-state index contributed by atoms with van der Waals surface area (Å²) in [4.78, 5) is 18.7. The molecule has 1 aliphatic heterocycles. The summed E-state index contributed by atoms with van der Waals surface area (Å²) in [6.07, 6.45) is 2.51. The van der Waals surface area contributed by atoms with Crippen molar-refractivity contribution in [2.24, 2.45) is 4.99 Å². The Morgan fingerprint density at radius 1 is 1.07 bits per heavy atom. The van der Waals surface area contributed by atoms with Crippen LogP contribution in [-0.4, -0.2) is 43.0 Å². The van der Waals surface area contributed by atoms with E-state index in [4.69, 9.17) is 9.73 Å². The molecule has 0 saturated carbocycles. The van der Waals surface area contributed by atoms with Crippen LogP contribution in [0.5, 0.6) is 5.75 Å². The van der Waals surface area contributed by atoms with E-state index in [9.17, 15) is 4.79 Å². The topological polar surface area (TPSA) is 66.0 Å². The Bertz CT molecular complexity index is 823. The van der Waals surface area contributed by atoms with Crippen molar-refractivity contribution in [1.29, 1.82) is 0 Å². The Morgan fingerprint density at radius 2 is 1.83 bits per heavy atom. The van der Waals surface area contributed by atoms with Crippen molar-refractivity contribution >= 4 is 11.9 Å². The van der Waals surface area contributed by atoms with Crippen molar-refractivity contribution in [2.75, 3.05) is 26.2 Å². The number of likely N-dealkylation sites (tertiary alicyclic amines) is 1. The maximum Gasteiger partial charge on any atom is 0.222 e. The van der Waals surface area contributed by atoms with E-state index in [1.807, 2.05) is 47.4 Å². The normalized spacial score (nSPS) is 14.1. The number of amides is 1. The van der Waals surface area contributed by atoms with Crippen LogP contribution in [0.25, 0.3) is 0 Å². The Balaban J connectivity index is 1.49. The van der Waals surface area contributed by atoms with Gasteiger partial charge in [0.15, 0.2) is 5.96 Å². The van der Waals surface area contributed by atoms with E-state index >= 15 is 0 Å². The molecule has 6 nitrogen and oxygen atoms in total. The summed E-state index contributed by atoms with van der Waals surface area (Å²) >= 11 is 0. The van der Waals surface area contributed by atoms with Gasteiger partial charge < -0.3 is 20.3 Å². The molecule has 1 saturated heterocycles. The summed E-state index contributed by atoms with van der Waals surface area (Å²) < 4.78 is 5.73. The lowest BCUT2D eigenvalue weighted by Gasteiger charge is -2.18. The molecule has 3 rings (SSSR count). The van der Waals surface area contributed by atoms with Gasteiger partial charge in [-0.2, -0.15) is 0 Å². The van der Waals surface area contributed by atoms with Gasteiger partial charge in [-0.25, -0.2) is 4.99 Å². The second-order valence-electron chi connectivity index (χ2n) is 7.32. The summed E-state index contributed by atoms with van der Waals surface area (Å²) in [6, 6.07) is 18.1. The summed E-state index contributed by atoms with van der Waals surface area (Å²) in [5.41, 5.74) is 2.32. The second kappa shape index (κ2) is 11.9. The number of guanidine groups is 1. The van der Waals surface area contributed by atoms with Crippen molar-refractivity contribution < 1.29 is 9.53 Å². The molecule has 30 heavy (non-hydrogen) atoms. The van der Waals surface area contributed by atoms with Gasteiger partial charge in [0.1, 0.15) is 5.75 Å². The van der Waals surface area contributed by atoms with E-state index in [1.165, 1.54) is 5.56 Å². The van der Waals surface area contributed by atoms with Gasteiger partial charge in [-0.3, -0.25) is 4.79 Å². The van der Waals surface area contributed by atoms with E-state index in [-0.39, 0.29) is 5.91 Å². The molecule has 2 aromatic carbocycles. The number of hydrogen-bond acceptors (Lipinski definition) is 3. The smallest absolute Gasteiger partial charge is 0.222 e. The van der Waals surface area contributed by atoms with Gasteiger partial charge >= 0.3 is 0 Å². The highest BCUT2D eigenvalue weighted by atomic mass is 16.5. The summed E-state index contributed by atoms with van der Waals surface area (Å²) in [6.45, 7) is 6.40. The lowest BCUT2D eigenvalue weighted by Crippen LogP contribution is -2.38. The van der Waals surface area contributed by atoms with Crippen molar-refractivity contribution in [3.05, 3.63) is 65.7 Å². The van der Waals surface area contributed by atoms with Gasteiger partial charge in [0.25, 0.3) is 0 Å². The third-order valence-electron chi connectivity index (χ3n) is 5.03. The monoisotopic (exact) mass is 408 g/mol. The van der Waals surface area contributed by atoms with Gasteiger partial charge in [-0.05, 0) is 43.0 Å². The standard InChI is InChI=1S/C24H32N4O2/c1-2-25-24(26-15-9-17-30-22-12-4-3-5-13-22)27-18-20-10-6-7-11-21(20)19-28-16-8-14-23(28)29/h3-7,10-13H,2,8-9,14-19H2,1H3,(H2,25,26,27). The lowest BCUT2D eigenvalue weighted by molar-refractivity contribution is -0.128. The minimum atomic E-state index is 0.251. The first-order valence-electron chi connectivity index (χ1n) is 10.8. The van der Waals surface area contributed by atoms with E-state index < -0.39 is 0 Å². The molecular weight excluding hydrogens is 376 g/mol. The van der Waals surface area contributed by atoms with Crippen LogP contribution in [0.15, 0.2) is 59.6 Å². The zero-order valence-electron chi connectivity index (χ0n) is 17.8. The number of rotatable bonds is 10. The minimum Gasteiger partial charge on any atom is -0.494 e. The Hall–Kier alpha value is -3.02. The average Bonchev–Trinajstić information content (AvgIpc) is 3.17. The molecule has 0 spiro atoms. The van der Waals surface area contributed by atoms with Crippen molar-refractivity contribution in [1.82, 2.24) is 15.5 Å². The maximum absolute atomic E-state index is 12.0. The first-order chi connectivity index (χ1) is 14.8. The fourth-order valence-corrected chi connectivity index (χ4v) is 3.43. The van der Waals surface area contributed by atoms with E-state index in [2.05, 4.69) is 29.7 Å². The van der Waals surface area contributed by atoms with Gasteiger partial charge in [-0.15, -0.1) is 0 Å². The molecule has 160 valence electrons. The summed E-state index contributed by atoms with van der Waals surface area (Å²) in [7, 11) is 0. The Kier molecular flexibility index (Phi) is 8.57. The third-order valence-corrected chi connectivity index (χ3v) is 5.03. The molecule has 0 unspecified atom stereocenters. The predicted molar refractivity (Wildman–Crippen MR) is 120 cm³/mol. The quantitative estimate of drug-likeness (QED) is 0.360.